The molecule has 0 bridgehead atoms. The van der Waals surface area contributed by atoms with Crippen LogP contribution in [0.4, 0.5) is 0 Å². The van der Waals surface area contributed by atoms with Gasteiger partial charge in [-0.25, -0.2) is 0 Å². The SMILES string of the molecule is CC(N)C(=O)N[C@H](C=O)CC=O. The molecular formula is C7H12N2O3. The Morgan fingerprint density at radius 1 is 1.58 bits per heavy atom. The van der Waals surface area contributed by atoms with Gasteiger partial charge in [0.15, 0.2) is 0 Å². The van der Waals surface area contributed by atoms with Crippen LogP contribution in [0, 0.1) is 0 Å². The lowest BCUT2D eigenvalue weighted by Gasteiger charge is -2.11. The van der Waals surface area contributed by atoms with Gasteiger partial charge in [0, 0.05) is 6.42 Å². The summed E-state index contributed by atoms with van der Waals surface area (Å²) < 4.78 is 0. The predicted molar refractivity (Wildman–Crippen MR) is 42.3 cm³/mol. The second kappa shape index (κ2) is 5.42. The monoisotopic (exact) mass is 172 g/mol. The van der Waals surface area contributed by atoms with Crippen molar-refractivity contribution in [3.05, 3.63) is 0 Å². The van der Waals surface area contributed by atoms with Crippen molar-refractivity contribution < 1.29 is 14.4 Å². The quantitative estimate of drug-likeness (QED) is 0.499. The zero-order chi connectivity index (χ0) is 9.56. The van der Waals surface area contributed by atoms with Crippen molar-refractivity contribution in [2.45, 2.75) is 25.4 Å². The number of hydrogen-bond acceptors (Lipinski definition) is 4. The minimum atomic E-state index is -0.749. The van der Waals surface area contributed by atoms with Gasteiger partial charge in [-0.2, -0.15) is 0 Å². The summed E-state index contributed by atoms with van der Waals surface area (Å²) in [6, 6.07) is -1.42. The van der Waals surface area contributed by atoms with E-state index in [-0.39, 0.29) is 6.42 Å². The van der Waals surface area contributed by atoms with Crippen LogP contribution < -0.4 is 11.1 Å². The molecule has 68 valence electrons. The molecule has 0 aromatic rings. The summed E-state index contributed by atoms with van der Waals surface area (Å²) in [4.78, 5) is 31.1. The minimum Gasteiger partial charge on any atom is -0.345 e. The number of nitrogens with two attached hydrogens (primary N) is 1. The molecule has 1 unspecified atom stereocenters. The highest BCUT2D eigenvalue weighted by Crippen LogP contribution is 1.85. The van der Waals surface area contributed by atoms with E-state index in [9.17, 15) is 14.4 Å². The number of aldehydes is 2. The second-order valence-electron chi connectivity index (χ2n) is 2.44. The average molecular weight is 172 g/mol. The van der Waals surface area contributed by atoms with Gasteiger partial charge >= 0.3 is 0 Å². The summed E-state index contributed by atoms with van der Waals surface area (Å²) in [5.74, 6) is -0.436. The Balaban J connectivity index is 3.93. The third kappa shape index (κ3) is 3.82. The van der Waals surface area contributed by atoms with Crippen LogP contribution in [-0.4, -0.2) is 30.6 Å². The topological polar surface area (TPSA) is 89.3 Å². The molecule has 5 heteroatoms. The summed E-state index contributed by atoms with van der Waals surface area (Å²) in [5, 5.41) is 2.30. The molecule has 0 aliphatic carbocycles. The van der Waals surface area contributed by atoms with E-state index in [2.05, 4.69) is 5.32 Å². The Morgan fingerprint density at radius 2 is 2.17 bits per heavy atom. The fourth-order valence-electron chi connectivity index (χ4n) is 0.566. The third-order valence-electron chi connectivity index (χ3n) is 1.26. The molecule has 0 aromatic carbocycles. The first-order valence-electron chi connectivity index (χ1n) is 3.56. The summed E-state index contributed by atoms with van der Waals surface area (Å²) in [6.45, 7) is 1.50. The van der Waals surface area contributed by atoms with Gasteiger partial charge in [0.05, 0.1) is 12.1 Å². The van der Waals surface area contributed by atoms with E-state index in [1.54, 1.807) is 0 Å². The van der Waals surface area contributed by atoms with E-state index in [4.69, 9.17) is 5.73 Å². The number of carbonyl (C=O) groups excluding carboxylic acids is 3. The molecule has 0 rings (SSSR count). The Morgan fingerprint density at radius 3 is 2.50 bits per heavy atom. The number of hydrogen-bond donors (Lipinski definition) is 2. The molecule has 0 aromatic heterocycles. The molecule has 0 aliphatic rings. The van der Waals surface area contributed by atoms with Crippen molar-refractivity contribution in [3.8, 4) is 0 Å². The smallest absolute Gasteiger partial charge is 0.237 e. The number of amides is 1. The highest BCUT2D eigenvalue weighted by Gasteiger charge is 2.12. The number of rotatable bonds is 5. The zero-order valence-corrected chi connectivity index (χ0v) is 6.82. The maximum absolute atomic E-state index is 10.9. The van der Waals surface area contributed by atoms with Gasteiger partial charge in [-0.3, -0.25) is 4.79 Å². The van der Waals surface area contributed by atoms with Gasteiger partial charge in [-0.05, 0) is 6.92 Å². The normalized spacial score (nSPS) is 14.5. The van der Waals surface area contributed by atoms with Crippen molar-refractivity contribution in [2.75, 3.05) is 0 Å². The van der Waals surface area contributed by atoms with Crippen LogP contribution in [0.15, 0.2) is 0 Å². The van der Waals surface area contributed by atoms with Crippen molar-refractivity contribution in [1.82, 2.24) is 5.32 Å². The Hall–Kier alpha value is -1.23. The van der Waals surface area contributed by atoms with Crippen LogP contribution in [0.1, 0.15) is 13.3 Å². The molecular weight excluding hydrogens is 160 g/mol. The Kier molecular flexibility index (Phi) is 4.87. The van der Waals surface area contributed by atoms with Crippen molar-refractivity contribution in [2.24, 2.45) is 5.73 Å². The van der Waals surface area contributed by atoms with Gasteiger partial charge in [0.1, 0.15) is 12.6 Å². The van der Waals surface area contributed by atoms with E-state index in [0.717, 1.165) is 0 Å². The first kappa shape index (κ1) is 10.8. The molecule has 5 nitrogen and oxygen atoms in total. The minimum absolute atomic E-state index is 0.0119. The largest absolute Gasteiger partial charge is 0.345 e. The average Bonchev–Trinajstić information content (AvgIpc) is 2.03. The molecule has 0 saturated carbocycles. The zero-order valence-electron chi connectivity index (χ0n) is 6.82. The Bertz CT molecular complexity index is 179. The van der Waals surface area contributed by atoms with E-state index < -0.39 is 18.0 Å². The molecule has 12 heavy (non-hydrogen) atoms. The summed E-state index contributed by atoms with van der Waals surface area (Å²) in [7, 11) is 0. The van der Waals surface area contributed by atoms with Gasteiger partial charge < -0.3 is 20.6 Å². The van der Waals surface area contributed by atoms with E-state index >= 15 is 0 Å². The van der Waals surface area contributed by atoms with Crippen LogP contribution >= 0.6 is 0 Å². The lowest BCUT2D eigenvalue weighted by atomic mass is 10.2. The number of carbonyl (C=O) groups is 3. The first-order chi connectivity index (χ1) is 5.61. The standard InChI is InChI=1S/C7H12N2O3/c1-5(8)7(12)9-6(4-11)2-3-10/h3-6H,2,8H2,1H3,(H,9,12)/t5?,6-/m0/s1. The van der Waals surface area contributed by atoms with E-state index in [1.165, 1.54) is 6.92 Å². The van der Waals surface area contributed by atoms with Crippen LogP contribution in [0.3, 0.4) is 0 Å². The second-order valence-corrected chi connectivity index (χ2v) is 2.44. The van der Waals surface area contributed by atoms with Gasteiger partial charge in [0.25, 0.3) is 0 Å². The maximum Gasteiger partial charge on any atom is 0.237 e. The molecule has 0 fully saturated rings. The summed E-state index contributed by atoms with van der Waals surface area (Å²) in [6.07, 6.45) is 1.07. The predicted octanol–water partition coefficient (Wildman–Crippen LogP) is -1.39. The summed E-state index contributed by atoms with van der Waals surface area (Å²) in [5.41, 5.74) is 5.22. The van der Waals surface area contributed by atoms with E-state index in [1.807, 2.05) is 0 Å². The third-order valence-corrected chi connectivity index (χ3v) is 1.26. The van der Waals surface area contributed by atoms with Crippen LogP contribution in [0.2, 0.25) is 0 Å². The molecule has 1 amide bonds. The Labute approximate surface area is 70.3 Å². The molecule has 0 spiro atoms. The van der Waals surface area contributed by atoms with Crippen LogP contribution in [0.25, 0.3) is 0 Å². The van der Waals surface area contributed by atoms with Gasteiger partial charge in [-0.15, -0.1) is 0 Å². The highest BCUT2D eigenvalue weighted by molar-refractivity contribution is 5.84. The van der Waals surface area contributed by atoms with E-state index in [0.29, 0.717) is 12.6 Å². The van der Waals surface area contributed by atoms with Crippen molar-refractivity contribution in [3.63, 3.8) is 0 Å². The molecule has 0 aliphatic heterocycles. The fraction of sp³-hybridized carbons (Fsp3) is 0.571. The fourth-order valence-corrected chi connectivity index (χ4v) is 0.566. The first-order valence-corrected chi connectivity index (χ1v) is 3.56. The van der Waals surface area contributed by atoms with Crippen LogP contribution in [-0.2, 0) is 14.4 Å². The highest BCUT2D eigenvalue weighted by atomic mass is 16.2. The number of nitrogens with one attached hydrogen (secondary N) is 1. The lowest BCUT2D eigenvalue weighted by Crippen LogP contribution is -2.44. The molecule has 2 atom stereocenters. The lowest BCUT2D eigenvalue weighted by molar-refractivity contribution is -0.125. The molecule has 3 N–H and O–H groups in total. The molecule has 0 saturated heterocycles. The van der Waals surface area contributed by atoms with Crippen molar-refractivity contribution in [1.29, 1.82) is 0 Å². The molecule has 0 heterocycles. The molecule has 0 radical (unpaired) electrons. The van der Waals surface area contributed by atoms with Gasteiger partial charge in [-0.1, -0.05) is 0 Å². The van der Waals surface area contributed by atoms with Crippen molar-refractivity contribution >= 4 is 18.5 Å². The summed E-state index contributed by atoms with van der Waals surface area (Å²) >= 11 is 0. The van der Waals surface area contributed by atoms with Crippen LogP contribution in [0.5, 0.6) is 0 Å². The van der Waals surface area contributed by atoms with Gasteiger partial charge in [0.2, 0.25) is 5.91 Å². The maximum atomic E-state index is 10.9.